The number of carbonyl (C=O) groups is 1. The molecule has 2 aliphatic heterocycles. The summed E-state index contributed by atoms with van der Waals surface area (Å²) >= 11 is 0. The van der Waals surface area contributed by atoms with E-state index in [0.717, 1.165) is 32.4 Å². The van der Waals surface area contributed by atoms with Gasteiger partial charge in [-0.05, 0) is 31.6 Å². The Kier molecular flexibility index (Phi) is 4.01. The third kappa shape index (κ3) is 3.12. The zero-order chi connectivity index (χ0) is 14.8. The molecule has 114 valence electrons. The van der Waals surface area contributed by atoms with Crippen molar-refractivity contribution >= 4 is 11.9 Å². The van der Waals surface area contributed by atoms with Crippen molar-refractivity contribution in [3.05, 3.63) is 18.2 Å². The van der Waals surface area contributed by atoms with Gasteiger partial charge in [-0.2, -0.15) is 0 Å². The van der Waals surface area contributed by atoms with E-state index < -0.39 is 17.9 Å². The average Bonchev–Trinajstić information content (AvgIpc) is 2.98. The summed E-state index contributed by atoms with van der Waals surface area (Å²) in [5, 5.41) is 8.96. The average molecular weight is 295 g/mol. The highest BCUT2D eigenvalue weighted by atomic mass is 19.1. The second kappa shape index (κ2) is 5.93. The van der Waals surface area contributed by atoms with E-state index in [9.17, 15) is 9.18 Å². The van der Waals surface area contributed by atoms with Gasteiger partial charge in [-0.25, -0.2) is 19.2 Å². The number of hydrogen-bond donors (Lipinski definition) is 1. The number of aromatic nitrogens is 2. The van der Waals surface area contributed by atoms with Crippen LogP contribution < -0.4 is 4.90 Å². The van der Waals surface area contributed by atoms with Crippen LogP contribution in [-0.2, 0) is 9.53 Å². The summed E-state index contributed by atoms with van der Waals surface area (Å²) in [6.07, 6.45) is 4.99. The number of nitrogens with zero attached hydrogens (tertiary/aromatic N) is 3. The first-order chi connectivity index (χ1) is 10.1. The number of aliphatic carboxylic acids is 1. The molecule has 0 amide bonds. The smallest absolute Gasteiger partial charge is 0.332 e. The molecule has 2 fully saturated rings. The maximum atomic E-state index is 12.8. The summed E-state index contributed by atoms with van der Waals surface area (Å²) in [4.78, 5) is 20.9. The van der Waals surface area contributed by atoms with Gasteiger partial charge in [0.15, 0.2) is 11.9 Å². The molecule has 3 heterocycles. The summed E-state index contributed by atoms with van der Waals surface area (Å²) in [7, 11) is 0. The standard InChI is InChI=1S/C14H18FN3O3/c15-10-7-16-14(17-8-10)18-5-3-9(4-6-18)11-1-2-12(21-11)13(19)20/h7-9,11-12H,1-6H2,(H,19,20)/t11-,12+/m0/s1. The van der Waals surface area contributed by atoms with Gasteiger partial charge in [-0.1, -0.05) is 0 Å². The topological polar surface area (TPSA) is 75.5 Å². The molecule has 2 aliphatic rings. The van der Waals surface area contributed by atoms with Crippen LogP contribution in [0, 0.1) is 11.7 Å². The summed E-state index contributed by atoms with van der Waals surface area (Å²) < 4.78 is 18.4. The fourth-order valence-electron chi connectivity index (χ4n) is 3.13. The van der Waals surface area contributed by atoms with Gasteiger partial charge in [0.25, 0.3) is 0 Å². The highest BCUT2D eigenvalue weighted by molar-refractivity contribution is 5.72. The van der Waals surface area contributed by atoms with Gasteiger partial charge in [-0.3, -0.25) is 0 Å². The molecule has 2 atom stereocenters. The molecule has 21 heavy (non-hydrogen) atoms. The van der Waals surface area contributed by atoms with Crippen molar-refractivity contribution in [1.29, 1.82) is 0 Å². The number of anilines is 1. The molecule has 0 unspecified atom stereocenters. The van der Waals surface area contributed by atoms with Crippen LogP contribution in [-0.4, -0.2) is 46.3 Å². The van der Waals surface area contributed by atoms with Crippen molar-refractivity contribution in [1.82, 2.24) is 9.97 Å². The lowest BCUT2D eigenvalue weighted by atomic mass is 9.90. The van der Waals surface area contributed by atoms with E-state index in [0.29, 0.717) is 18.3 Å². The molecule has 0 radical (unpaired) electrons. The number of halogens is 1. The molecular weight excluding hydrogens is 277 g/mol. The summed E-state index contributed by atoms with van der Waals surface area (Å²) in [6.45, 7) is 1.57. The predicted octanol–water partition coefficient (Wildman–Crippen LogP) is 1.46. The van der Waals surface area contributed by atoms with E-state index in [4.69, 9.17) is 9.84 Å². The van der Waals surface area contributed by atoms with E-state index in [1.165, 1.54) is 12.4 Å². The van der Waals surface area contributed by atoms with Crippen molar-refractivity contribution in [2.24, 2.45) is 5.92 Å². The van der Waals surface area contributed by atoms with Gasteiger partial charge in [0, 0.05) is 13.1 Å². The van der Waals surface area contributed by atoms with Crippen LogP contribution in [0.25, 0.3) is 0 Å². The first-order valence-corrected chi connectivity index (χ1v) is 7.24. The minimum absolute atomic E-state index is 0.0439. The van der Waals surface area contributed by atoms with E-state index in [-0.39, 0.29) is 6.10 Å². The number of carboxylic acids is 1. The minimum Gasteiger partial charge on any atom is -0.479 e. The van der Waals surface area contributed by atoms with E-state index >= 15 is 0 Å². The van der Waals surface area contributed by atoms with Crippen LogP contribution >= 0.6 is 0 Å². The van der Waals surface area contributed by atoms with Crippen molar-refractivity contribution < 1.29 is 19.0 Å². The van der Waals surface area contributed by atoms with Crippen molar-refractivity contribution in [2.75, 3.05) is 18.0 Å². The third-order valence-electron chi connectivity index (χ3n) is 4.28. The lowest BCUT2D eigenvalue weighted by molar-refractivity contribution is -0.150. The Morgan fingerprint density at radius 3 is 2.48 bits per heavy atom. The lowest BCUT2D eigenvalue weighted by Crippen LogP contribution is -2.39. The fourth-order valence-corrected chi connectivity index (χ4v) is 3.13. The Morgan fingerprint density at radius 1 is 1.24 bits per heavy atom. The van der Waals surface area contributed by atoms with Crippen LogP contribution in [0.5, 0.6) is 0 Å². The monoisotopic (exact) mass is 295 g/mol. The van der Waals surface area contributed by atoms with Crippen LogP contribution in [0.15, 0.2) is 12.4 Å². The highest BCUT2D eigenvalue weighted by Crippen LogP contribution is 2.32. The number of hydrogen-bond acceptors (Lipinski definition) is 5. The number of ether oxygens (including phenoxy) is 1. The first-order valence-electron chi connectivity index (χ1n) is 7.24. The molecule has 0 aromatic carbocycles. The van der Waals surface area contributed by atoms with Gasteiger partial charge in [0.05, 0.1) is 18.5 Å². The molecular formula is C14H18FN3O3. The lowest BCUT2D eigenvalue weighted by Gasteiger charge is -2.34. The largest absolute Gasteiger partial charge is 0.479 e. The molecule has 0 saturated carbocycles. The van der Waals surface area contributed by atoms with E-state index in [1.54, 1.807) is 0 Å². The Balaban J connectivity index is 1.53. The van der Waals surface area contributed by atoms with Crippen LogP contribution in [0.1, 0.15) is 25.7 Å². The molecule has 7 heteroatoms. The van der Waals surface area contributed by atoms with Crippen molar-refractivity contribution in [2.45, 2.75) is 37.9 Å². The minimum atomic E-state index is -0.866. The zero-order valence-corrected chi connectivity index (χ0v) is 11.6. The zero-order valence-electron chi connectivity index (χ0n) is 11.6. The van der Waals surface area contributed by atoms with Gasteiger partial charge in [-0.15, -0.1) is 0 Å². The van der Waals surface area contributed by atoms with Crippen LogP contribution in [0.3, 0.4) is 0 Å². The second-order valence-electron chi connectivity index (χ2n) is 5.60. The second-order valence-corrected chi connectivity index (χ2v) is 5.60. The van der Waals surface area contributed by atoms with Gasteiger partial charge < -0.3 is 14.7 Å². The molecule has 3 rings (SSSR count). The number of carboxylic acid groups (broad SMARTS) is 1. The highest BCUT2D eigenvalue weighted by Gasteiger charge is 2.36. The molecule has 1 N–H and O–H groups in total. The molecule has 1 aromatic rings. The molecule has 2 saturated heterocycles. The normalized spacial score (nSPS) is 27.0. The Hall–Kier alpha value is -1.76. The summed E-state index contributed by atoms with van der Waals surface area (Å²) in [6, 6.07) is 0. The molecule has 6 nitrogen and oxygen atoms in total. The van der Waals surface area contributed by atoms with Crippen LogP contribution in [0.2, 0.25) is 0 Å². The van der Waals surface area contributed by atoms with Gasteiger partial charge in [0.1, 0.15) is 0 Å². The molecule has 0 aliphatic carbocycles. The number of rotatable bonds is 3. The van der Waals surface area contributed by atoms with E-state index in [1.807, 2.05) is 4.90 Å². The first kappa shape index (κ1) is 14.2. The molecule has 0 spiro atoms. The molecule has 0 bridgehead atoms. The Labute approximate surface area is 122 Å². The van der Waals surface area contributed by atoms with Crippen molar-refractivity contribution in [3.63, 3.8) is 0 Å². The third-order valence-corrected chi connectivity index (χ3v) is 4.28. The van der Waals surface area contributed by atoms with Gasteiger partial charge >= 0.3 is 5.97 Å². The quantitative estimate of drug-likeness (QED) is 0.910. The Morgan fingerprint density at radius 2 is 1.90 bits per heavy atom. The summed E-state index contributed by atoms with van der Waals surface area (Å²) in [5.41, 5.74) is 0. The number of piperidine rings is 1. The van der Waals surface area contributed by atoms with Crippen molar-refractivity contribution in [3.8, 4) is 0 Å². The van der Waals surface area contributed by atoms with Gasteiger partial charge in [0.2, 0.25) is 5.95 Å². The summed E-state index contributed by atoms with van der Waals surface area (Å²) in [5.74, 6) is -0.376. The molecule has 1 aromatic heterocycles. The van der Waals surface area contributed by atoms with Crippen LogP contribution in [0.4, 0.5) is 10.3 Å². The maximum absolute atomic E-state index is 12.8. The predicted molar refractivity (Wildman–Crippen MR) is 72.5 cm³/mol. The van der Waals surface area contributed by atoms with E-state index in [2.05, 4.69) is 9.97 Å². The fraction of sp³-hybridized carbons (Fsp3) is 0.643. The maximum Gasteiger partial charge on any atom is 0.332 e. The Bertz CT molecular complexity index is 503. The SMILES string of the molecule is O=C(O)[C@H]1CC[C@@H](C2CCN(c3ncc(F)cn3)CC2)O1.